The molecule has 132 valence electrons. The van der Waals surface area contributed by atoms with Gasteiger partial charge >= 0.3 is 0 Å². The van der Waals surface area contributed by atoms with Crippen LogP contribution in [0.5, 0.6) is 5.75 Å². The number of likely N-dealkylation sites (tertiary alicyclic amines) is 1. The average molecular weight is 346 g/mol. The Balaban J connectivity index is 1.48. The molecule has 2 amide bonds. The molecule has 0 bridgehead atoms. The highest BCUT2D eigenvalue weighted by Crippen LogP contribution is 2.27. The van der Waals surface area contributed by atoms with E-state index in [1.54, 1.807) is 11.0 Å². The molecule has 0 atom stereocenters. The lowest BCUT2D eigenvalue weighted by Gasteiger charge is -2.31. The molecule has 1 aromatic heterocycles. The van der Waals surface area contributed by atoms with Gasteiger partial charge in [-0.15, -0.1) is 0 Å². The average Bonchev–Trinajstić information content (AvgIpc) is 3.11. The minimum Gasteiger partial charge on any atom is -0.484 e. The zero-order chi connectivity index (χ0) is 17.8. The van der Waals surface area contributed by atoms with Crippen LogP contribution < -0.4 is 10.5 Å². The number of piperidine rings is 1. The predicted molar refractivity (Wildman–Crippen MR) is 87.6 cm³/mol. The van der Waals surface area contributed by atoms with Crippen LogP contribution in [0.2, 0.25) is 0 Å². The maximum absolute atomic E-state index is 12.8. The number of H-pyrrole nitrogens is 1. The Morgan fingerprint density at radius 2 is 1.96 bits per heavy atom. The van der Waals surface area contributed by atoms with Gasteiger partial charge in [0.15, 0.2) is 6.61 Å². The third-order valence-corrected chi connectivity index (χ3v) is 4.31. The quantitative estimate of drug-likeness (QED) is 0.855. The molecular formula is C17H19FN4O3. The molecule has 0 radical (unpaired) electrons. The number of ether oxygens (including phenoxy) is 1. The van der Waals surface area contributed by atoms with E-state index in [2.05, 4.69) is 10.2 Å². The molecule has 0 saturated carbocycles. The standard InChI is InChI=1S/C17H19FN4O3/c18-12-1-3-13(4-2-12)25-10-16(23)22-7-5-11(6-8-22)14-9-15(17(19)24)21-20-14/h1-4,9,11H,5-8,10H2,(H2,19,24)(H,20,21). The van der Waals surface area contributed by atoms with Crippen molar-refractivity contribution in [2.75, 3.05) is 19.7 Å². The summed E-state index contributed by atoms with van der Waals surface area (Å²) < 4.78 is 18.2. The number of nitrogens with one attached hydrogen (secondary N) is 1. The molecule has 7 nitrogen and oxygen atoms in total. The molecular weight excluding hydrogens is 327 g/mol. The molecule has 1 aromatic carbocycles. The van der Waals surface area contributed by atoms with Crippen LogP contribution in [0.1, 0.15) is 34.9 Å². The number of carbonyl (C=O) groups is 2. The Hall–Kier alpha value is -2.90. The number of aromatic nitrogens is 2. The second-order valence-electron chi connectivity index (χ2n) is 5.97. The SMILES string of the molecule is NC(=O)c1cc(C2CCN(C(=O)COc3ccc(F)cc3)CC2)[nH]n1. The summed E-state index contributed by atoms with van der Waals surface area (Å²) in [7, 11) is 0. The smallest absolute Gasteiger partial charge is 0.269 e. The molecule has 3 N–H and O–H groups in total. The van der Waals surface area contributed by atoms with Crippen molar-refractivity contribution in [1.29, 1.82) is 0 Å². The van der Waals surface area contributed by atoms with Crippen molar-refractivity contribution < 1.29 is 18.7 Å². The van der Waals surface area contributed by atoms with Gasteiger partial charge in [0.2, 0.25) is 0 Å². The highest BCUT2D eigenvalue weighted by molar-refractivity contribution is 5.90. The van der Waals surface area contributed by atoms with Gasteiger partial charge in [-0.3, -0.25) is 14.7 Å². The molecule has 1 saturated heterocycles. The molecule has 1 fully saturated rings. The number of nitrogens with zero attached hydrogens (tertiary/aromatic N) is 2. The molecule has 8 heteroatoms. The lowest BCUT2D eigenvalue weighted by Crippen LogP contribution is -2.40. The largest absolute Gasteiger partial charge is 0.484 e. The first-order chi connectivity index (χ1) is 12.0. The van der Waals surface area contributed by atoms with Crippen LogP contribution in [0.4, 0.5) is 4.39 Å². The van der Waals surface area contributed by atoms with Gasteiger partial charge in [0.25, 0.3) is 11.8 Å². The first kappa shape index (κ1) is 16.9. The highest BCUT2D eigenvalue weighted by Gasteiger charge is 2.25. The van der Waals surface area contributed by atoms with Gasteiger partial charge in [0.1, 0.15) is 17.3 Å². The van der Waals surface area contributed by atoms with Crippen LogP contribution in [0.25, 0.3) is 0 Å². The molecule has 1 aliphatic heterocycles. The van der Waals surface area contributed by atoms with Gasteiger partial charge in [-0.2, -0.15) is 5.10 Å². The van der Waals surface area contributed by atoms with E-state index >= 15 is 0 Å². The fourth-order valence-electron chi connectivity index (χ4n) is 2.88. The second-order valence-corrected chi connectivity index (χ2v) is 5.97. The van der Waals surface area contributed by atoms with E-state index in [1.807, 2.05) is 0 Å². The zero-order valence-corrected chi connectivity index (χ0v) is 13.6. The highest BCUT2D eigenvalue weighted by atomic mass is 19.1. The predicted octanol–water partition coefficient (Wildman–Crippen LogP) is 1.43. The van der Waals surface area contributed by atoms with E-state index in [4.69, 9.17) is 10.5 Å². The van der Waals surface area contributed by atoms with Crippen molar-refractivity contribution in [1.82, 2.24) is 15.1 Å². The minimum absolute atomic E-state index is 0.0772. The number of carbonyl (C=O) groups excluding carboxylic acids is 2. The summed E-state index contributed by atoms with van der Waals surface area (Å²) in [6.07, 6.45) is 1.53. The zero-order valence-electron chi connectivity index (χ0n) is 13.6. The maximum atomic E-state index is 12.8. The molecule has 0 aliphatic carbocycles. The van der Waals surface area contributed by atoms with E-state index in [-0.39, 0.29) is 29.9 Å². The van der Waals surface area contributed by atoms with Gasteiger partial charge in [0, 0.05) is 24.7 Å². The lowest BCUT2D eigenvalue weighted by molar-refractivity contribution is -0.134. The fraction of sp³-hybridized carbons (Fsp3) is 0.353. The third kappa shape index (κ3) is 4.14. The van der Waals surface area contributed by atoms with Crippen LogP contribution in [-0.4, -0.2) is 46.6 Å². The summed E-state index contributed by atoms with van der Waals surface area (Å²) in [5.74, 6) is -0.346. The maximum Gasteiger partial charge on any atom is 0.269 e. The Kier molecular flexibility index (Phi) is 4.97. The topological polar surface area (TPSA) is 101 Å². The van der Waals surface area contributed by atoms with E-state index in [0.29, 0.717) is 18.8 Å². The Labute approximate surface area is 144 Å². The molecule has 3 rings (SSSR count). The lowest BCUT2D eigenvalue weighted by atomic mass is 9.93. The number of hydrogen-bond acceptors (Lipinski definition) is 4. The van der Waals surface area contributed by atoms with Crippen LogP contribution in [-0.2, 0) is 4.79 Å². The number of nitrogens with two attached hydrogens (primary N) is 1. The second kappa shape index (κ2) is 7.33. The summed E-state index contributed by atoms with van der Waals surface area (Å²) in [5.41, 5.74) is 6.29. The van der Waals surface area contributed by atoms with Gasteiger partial charge in [-0.25, -0.2) is 4.39 Å². The Morgan fingerprint density at radius 3 is 2.56 bits per heavy atom. The molecule has 0 unspecified atom stereocenters. The van der Waals surface area contributed by atoms with Crippen molar-refractivity contribution in [2.24, 2.45) is 5.73 Å². The monoisotopic (exact) mass is 346 g/mol. The van der Waals surface area contributed by atoms with Crippen molar-refractivity contribution in [2.45, 2.75) is 18.8 Å². The number of hydrogen-bond donors (Lipinski definition) is 2. The van der Waals surface area contributed by atoms with Gasteiger partial charge in [-0.1, -0.05) is 0 Å². The molecule has 2 heterocycles. The fourth-order valence-corrected chi connectivity index (χ4v) is 2.88. The summed E-state index contributed by atoms with van der Waals surface area (Å²) >= 11 is 0. The van der Waals surface area contributed by atoms with E-state index in [9.17, 15) is 14.0 Å². The number of aromatic amines is 1. The van der Waals surface area contributed by atoms with Gasteiger partial charge < -0.3 is 15.4 Å². The summed E-state index contributed by atoms with van der Waals surface area (Å²) in [4.78, 5) is 25.1. The van der Waals surface area contributed by atoms with Crippen LogP contribution >= 0.6 is 0 Å². The van der Waals surface area contributed by atoms with E-state index < -0.39 is 5.91 Å². The number of amides is 2. The first-order valence-electron chi connectivity index (χ1n) is 8.04. The summed E-state index contributed by atoms with van der Waals surface area (Å²) in [5, 5.41) is 6.73. The van der Waals surface area contributed by atoms with Crippen molar-refractivity contribution >= 4 is 11.8 Å². The molecule has 2 aromatic rings. The molecule has 0 spiro atoms. The van der Waals surface area contributed by atoms with Crippen molar-refractivity contribution in [3.05, 3.63) is 47.5 Å². The van der Waals surface area contributed by atoms with Crippen molar-refractivity contribution in [3.63, 3.8) is 0 Å². The summed E-state index contributed by atoms with van der Waals surface area (Å²) in [6.45, 7) is 1.12. The van der Waals surface area contributed by atoms with Crippen LogP contribution in [0, 0.1) is 5.82 Å². The molecule has 25 heavy (non-hydrogen) atoms. The number of primary amides is 1. The first-order valence-corrected chi connectivity index (χ1v) is 8.04. The minimum atomic E-state index is -0.562. The van der Waals surface area contributed by atoms with E-state index in [0.717, 1.165) is 18.5 Å². The third-order valence-electron chi connectivity index (χ3n) is 4.31. The number of benzene rings is 1. The van der Waals surface area contributed by atoms with Crippen LogP contribution in [0.3, 0.4) is 0 Å². The van der Waals surface area contributed by atoms with Gasteiger partial charge in [-0.05, 0) is 43.2 Å². The van der Waals surface area contributed by atoms with Gasteiger partial charge in [0.05, 0.1) is 0 Å². The van der Waals surface area contributed by atoms with Crippen LogP contribution in [0.15, 0.2) is 30.3 Å². The number of rotatable bonds is 5. The Morgan fingerprint density at radius 1 is 1.28 bits per heavy atom. The summed E-state index contributed by atoms with van der Waals surface area (Å²) in [6, 6.07) is 7.22. The normalized spacial score (nSPS) is 15.2. The molecule has 1 aliphatic rings. The Bertz CT molecular complexity index is 752. The van der Waals surface area contributed by atoms with E-state index in [1.165, 1.54) is 24.3 Å². The number of halogens is 1. The van der Waals surface area contributed by atoms with Crippen molar-refractivity contribution in [3.8, 4) is 5.75 Å².